The largest absolute Gasteiger partial charge is 0.496 e. The van der Waals surface area contributed by atoms with Crippen LogP contribution in [-0.2, 0) is 11.3 Å². The average molecular weight is 449 g/mol. The number of para-hydroxylation sites is 3. The number of amides is 2. The first-order chi connectivity index (χ1) is 16.0. The summed E-state index contributed by atoms with van der Waals surface area (Å²) in [6.07, 6.45) is 5.72. The number of hydrogen-bond donors (Lipinski definition) is 1. The first kappa shape index (κ1) is 22.8. The van der Waals surface area contributed by atoms with Gasteiger partial charge in [-0.1, -0.05) is 43.5 Å². The smallest absolute Gasteiger partial charge is 0.255 e. The number of aromatic nitrogens is 2. The van der Waals surface area contributed by atoms with E-state index in [-0.39, 0.29) is 18.4 Å². The quantitative estimate of drug-likeness (QED) is 0.584. The van der Waals surface area contributed by atoms with E-state index in [2.05, 4.69) is 5.32 Å². The maximum atomic E-state index is 13.2. The molecule has 0 bridgehead atoms. The second-order valence-corrected chi connectivity index (χ2v) is 8.74. The molecule has 1 aromatic heterocycles. The lowest BCUT2D eigenvalue weighted by molar-refractivity contribution is -0.133. The molecule has 0 radical (unpaired) electrons. The number of benzene rings is 2. The molecule has 7 nitrogen and oxygen atoms in total. The van der Waals surface area contributed by atoms with Crippen molar-refractivity contribution >= 4 is 22.8 Å². The molecular formula is C26H32N4O3. The zero-order chi connectivity index (χ0) is 23.4. The zero-order valence-electron chi connectivity index (χ0n) is 19.6. The summed E-state index contributed by atoms with van der Waals surface area (Å²) in [4.78, 5) is 32.9. The van der Waals surface area contributed by atoms with Crippen molar-refractivity contribution in [3.63, 3.8) is 0 Å². The van der Waals surface area contributed by atoms with Gasteiger partial charge in [0.2, 0.25) is 5.91 Å². The first-order valence-corrected chi connectivity index (χ1v) is 11.6. The fraction of sp³-hybridized carbons (Fsp3) is 0.423. The van der Waals surface area contributed by atoms with Gasteiger partial charge in [-0.2, -0.15) is 0 Å². The van der Waals surface area contributed by atoms with Gasteiger partial charge in [-0.05, 0) is 44.0 Å². The lowest BCUT2D eigenvalue weighted by Crippen LogP contribution is -2.40. The van der Waals surface area contributed by atoms with Crippen LogP contribution in [0.2, 0.25) is 0 Å². The summed E-state index contributed by atoms with van der Waals surface area (Å²) in [6.45, 7) is 2.08. The number of nitrogens with one attached hydrogen (secondary N) is 1. The van der Waals surface area contributed by atoms with Crippen molar-refractivity contribution in [1.29, 1.82) is 0 Å². The van der Waals surface area contributed by atoms with Crippen LogP contribution in [0.25, 0.3) is 11.0 Å². The number of nitrogens with zero attached hydrogens (tertiary/aromatic N) is 3. The van der Waals surface area contributed by atoms with Crippen molar-refractivity contribution in [3.05, 3.63) is 59.9 Å². The number of imidazole rings is 1. The van der Waals surface area contributed by atoms with E-state index >= 15 is 0 Å². The number of hydrogen-bond acceptors (Lipinski definition) is 4. The number of methoxy groups -OCH3 is 1. The van der Waals surface area contributed by atoms with Gasteiger partial charge in [0, 0.05) is 13.1 Å². The monoisotopic (exact) mass is 448 g/mol. The molecule has 33 heavy (non-hydrogen) atoms. The molecule has 174 valence electrons. The van der Waals surface area contributed by atoms with Gasteiger partial charge < -0.3 is 19.5 Å². The molecule has 1 aliphatic carbocycles. The highest BCUT2D eigenvalue weighted by molar-refractivity contribution is 5.97. The molecule has 7 heteroatoms. The molecule has 0 saturated heterocycles. The molecular weight excluding hydrogens is 416 g/mol. The molecule has 1 unspecified atom stereocenters. The SMILES string of the molecule is COc1ccccc1C(=O)NC(C)c1nc2ccccc2n1CC(=O)N(C)C1CCCCC1. The van der Waals surface area contributed by atoms with Crippen molar-refractivity contribution in [2.24, 2.45) is 0 Å². The Hall–Kier alpha value is -3.35. The molecule has 1 atom stereocenters. The fourth-order valence-corrected chi connectivity index (χ4v) is 4.68. The summed E-state index contributed by atoms with van der Waals surface area (Å²) in [5.74, 6) is 0.989. The summed E-state index contributed by atoms with van der Waals surface area (Å²) in [5.41, 5.74) is 2.15. The Labute approximate surface area is 194 Å². The zero-order valence-corrected chi connectivity index (χ0v) is 19.6. The van der Waals surface area contributed by atoms with Gasteiger partial charge in [0.15, 0.2) is 0 Å². The van der Waals surface area contributed by atoms with E-state index in [9.17, 15) is 9.59 Å². The molecule has 1 fully saturated rings. The standard InChI is InChI=1S/C26H32N4O3/c1-18(27-26(32)20-13-7-10-16-23(20)33-3)25-28-21-14-8-9-15-22(21)30(25)17-24(31)29(2)19-11-5-4-6-12-19/h7-10,13-16,18-19H,4-6,11-12,17H2,1-3H3,(H,27,32). The molecule has 4 rings (SSSR count). The number of ether oxygens (including phenoxy) is 1. The van der Waals surface area contributed by atoms with Gasteiger partial charge in [-0.3, -0.25) is 9.59 Å². The Morgan fingerprint density at radius 1 is 1.12 bits per heavy atom. The third kappa shape index (κ3) is 4.87. The van der Waals surface area contributed by atoms with Crippen LogP contribution < -0.4 is 10.1 Å². The van der Waals surface area contributed by atoms with Gasteiger partial charge in [-0.15, -0.1) is 0 Å². The van der Waals surface area contributed by atoms with Crippen molar-refractivity contribution < 1.29 is 14.3 Å². The van der Waals surface area contributed by atoms with E-state index in [1.165, 1.54) is 19.3 Å². The molecule has 0 aliphatic heterocycles. The minimum atomic E-state index is -0.400. The van der Waals surface area contributed by atoms with Crippen molar-refractivity contribution in [2.45, 2.75) is 57.7 Å². The number of carbonyl (C=O) groups is 2. The predicted molar refractivity (Wildman–Crippen MR) is 128 cm³/mol. The van der Waals surface area contributed by atoms with Gasteiger partial charge in [0.05, 0.1) is 29.7 Å². The average Bonchev–Trinajstić information content (AvgIpc) is 3.22. The predicted octanol–water partition coefficient (Wildman–Crippen LogP) is 4.33. The lowest BCUT2D eigenvalue weighted by Gasteiger charge is -2.31. The van der Waals surface area contributed by atoms with E-state index in [1.54, 1.807) is 25.3 Å². The molecule has 2 amide bonds. The van der Waals surface area contributed by atoms with Gasteiger partial charge in [0.25, 0.3) is 5.91 Å². The van der Waals surface area contributed by atoms with E-state index < -0.39 is 6.04 Å². The summed E-state index contributed by atoms with van der Waals surface area (Å²) in [5, 5.41) is 3.03. The Bertz CT molecular complexity index is 1130. The molecule has 3 aromatic rings. The summed E-state index contributed by atoms with van der Waals surface area (Å²) < 4.78 is 7.26. The number of carbonyl (C=O) groups excluding carboxylic acids is 2. The lowest BCUT2D eigenvalue weighted by atomic mass is 9.94. The van der Waals surface area contributed by atoms with Crippen LogP contribution in [0.15, 0.2) is 48.5 Å². The van der Waals surface area contributed by atoms with E-state index in [0.29, 0.717) is 23.2 Å². The van der Waals surface area contributed by atoms with Crippen molar-refractivity contribution in [1.82, 2.24) is 19.8 Å². The Balaban J connectivity index is 1.59. The minimum Gasteiger partial charge on any atom is -0.496 e. The molecule has 0 spiro atoms. The maximum Gasteiger partial charge on any atom is 0.255 e. The van der Waals surface area contributed by atoms with Crippen LogP contribution in [0, 0.1) is 0 Å². The van der Waals surface area contributed by atoms with Crippen molar-refractivity contribution in [3.8, 4) is 5.75 Å². The summed E-state index contributed by atoms with van der Waals surface area (Å²) in [7, 11) is 3.45. The third-order valence-electron chi connectivity index (χ3n) is 6.58. The summed E-state index contributed by atoms with van der Waals surface area (Å²) in [6, 6.07) is 14.8. The minimum absolute atomic E-state index is 0.0644. The van der Waals surface area contributed by atoms with Crippen LogP contribution in [0.4, 0.5) is 0 Å². The number of rotatable bonds is 7. The second kappa shape index (κ2) is 10.1. The van der Waals surface area contributed by atoms with Crippen LogP contribution >= 0.6 is 0 Å². The number of likely N-dealkylation sites (N-methyl/N-ethyl adjacent to an activating group) is 1. The molecule has 1 N–H and O–H groups in total. The molecule has 2 aromatic carbocycles. The van der Waals surface area contributed by atoms with Gasteiger partial charge in [0.1, 0.15) is 18.1 Å². The second-order valence-electron chi connectivity index (χ2n) is 8.74. The van der Waals surface area contributed by atoms with Crippen LogP contribution in [0.3, 0.4) is 0 Å². The normalized spacial score (nSPS) is 15.2. The number of fused-ring (bicyclic) bond motifs is 1. The topological polar surface area (TPSA) is 76.5 Å². The van der Waals surface area contributed by atoms with E-state index in [1.807, 2.05) is 53.8 Å². The Morgan fingerprint density at radius 3 is 2.58 bits per heavy atom. The first-order valence-electron chi connectivity index (χ1n) is 11.6. The highest BCUT2D eigenvalue weighted by Gasteiger charge is 2.25. The Kier molecular flexibility index (Phi) is 6.96. The van der Waals surface area contributed by atoms with Gasteiger partial charge >= 0.3 is 0 Å². The van der Waals surface area contributed by atoms with Crippen LogP contribution in [0.5, 0.6) is 5.75 Å². The maximum absolute atomic E-state index is 13.2. The molecule has 1 saturated carbocycles. The highest BCUT2D eigenvalue weighted by atomic mass is 16.5. The van der Waals surface area contributed by atoms with E-state index in [4.69, 9.17) is 9.72 Å². The Morgan fingerprint density at radius 2 is 1.82 bits per heavy atom. The van der Waals surface area contributed by atoms with Gasteiger partial charge in [-0.25, -0.2) is 4.98 Å². The highest BCUT2D eigenvalue weighted by Crippen LogP contribution is 2.25. The molecule has 1 heterocycles. The van der Waals surface area contributed by atoms with E-state index in [0.717, 1.165) is 23.9 Å². The van der Waals surface area contributed by atoms with Crippen LogP contribution in [-0.4, -0.2) is 46.5 Å². The third-order valence-corrected chi connectivity index (χ3v) is 6.58. The fourth-order valence-electron chi connectivity index (χ4n) is 4.68. The summed E-state index contributed by atoms with van der Waals surface area (Å²) >= 11 is 0. The molecule has 1 aliphatic rings. The van der Waals surface area contributed by atoms with Crippen LogP contribution in [0.1, 0.15) is 61.3 Å². The van der Waals surface area contributed by atoms with Crippen molar-refractivity contribution in [2.75, 3.05) is 14.2 Å².